The van der Waals surface area contributed by atoms with Gasteiger partial charge in [-0.1, -0.05) is 36.4 Å². The number of carbonyl (C=O) groups is 2. The number of benzene rings is 2. The van der Waals surface area contributed by atoms with Crippen molar-refractivity contribution < 1.29 is 32.6 Å². The van der Waals surface area contributed by atoms with Gasteiger partial charge >= 0.3 is 11.9 Å². The predicted octanol–water partition coefficient (Wildman–Crippen LogP) is 3.79. The number of esters is 2. The van der Waals surface area contributed by atoms with Gasteiger partial charge in [-0.2, -0.15) is 0 Å². The molecule has 27 heavy (non-hydrogen) atoms. The molecule has 0 N–H and O–H groups in total. The van der Waals surface area contributed by atoms with Gasteiger partial charge in [0.2, 0.25) is 12.0 Å². The van der Waals surface area contributed by atoms with Crippen molar-refractivity contribution in [1.82, 2.24) is 0 Å². The Morgan fingerprint density at radius 3 is 2.33 bits per heavy atom. The lowest BCUT2D eigenvalue weighted by atomic mass is 9.92. The van der Waals surface area contributed by atoms with E-state index in [0.29, 0.717) is 0 Å². The largest absolute Gasteiger partial charge is 0.465 e. The third kappa shape index (κ3) is 3.55. The van der Waals surface area contributed by atoms with Gasteiger partial charge in [0.15, 0.2) is 6.10 Å². The van der Waals surface area contributed by atoms with E-state index < -0.39 is 36.2 Å². The van der Waals surface area contributed by atoms with Crippen molar-refractivity contribution in [1.29, 1.82) is 0 Å². The quantitative estimate of drug-likeness (QED) is 0.760. The van der Waals surface area contributed by atoms with Gasteiger partial charge in [0, 0.05) is 0 Å². The van der Waals surface area contributed by atoms with Crippen LogP contribution < -0.4 is 0 Å². The smallest absolute Gasteiger partial charge is 0.338 e. The van der Waals surface area contributed by atoms with Crippen LogP contribution in [0.1, 0.15) is 39.3 Å². The molecule has 4 atom stereocenters. The summed E-state index contributed by atoms with van der Waals surface area (Å²) in [5.41, 5.74) is -2.15. The van der Waals surface area contributed by atoms with Crippen LogP contribution in [0.15, 0.2) is 54.6 Å². The molecular weight excluding hydrogens is 358 g/mol. The Kier molecular flexibility index (Phi) is 5.23. The van der Waals surface area contributed by atoms with Crippen LogP contribution in [0.3, 0.4) is 0 Å². The van der Waals surface area contributed by atoms with Gasteiger partial charge in [0.1, 0.15) is 6.10 Å². The minimum Gasteiger partial charge on any atom is -0.465 e. The fraction of sp³-hybridized carbons (Fsp3) is 0.300. The first-order valence-corrected chi connectivity index (χ1v) is 8.28. The summed E-state index contributed by atoms with van der Waals surface area (Å²) in [6.07, 6.45) is -5.23. The van der Waals surface area contributed by atoms with Crippen molar-refractivity contribution >= 4 is 11.9 Å². The van der Waals surface area contributed by atoms with E-state index in [9.17, 15) is 14.0 Å². The van der Waals surface area contributed by atoms with Gasteiger partial charge in [0.25, 0.3) is 0 Å². The highest BCUT2D eigenvalue weighted by Gasteiger charge is 2.58. The molecule has 1 saturated heterocycles. The molecule has 3 rings (SSSR count). The van der Waals surface area contributed by atoms with E-state index in [0.717, 1.165) is 6.92 Å². The minimum absolute atomic E-state index is 0.0793. The van der Waals surface area contributed by atoms with Crippen LogP contribution in [0, 0.1) is 0 Å². The lowest BCUT2D eigenvalue weighted by molar-refractivity contribution is -0.0847. The van der Waals surface area contributed by atoms with Crippen LogP contribution in [-0.2, 0) is 14.2 Å². The zero-order valence-electron chi connectivity index (χ0n) is 14.7. The van der Waals surface area contributed by atoms with Crippen molar-refractivity contribution in [2.75, 3.05) is 7.11 Å². The topological polar surface area (TPSA) is 61.8 Å². The maximum absolute atomic E-state index is 15.0. The molecule has 142 valence electrons. The summed E-state index contributed by atoms with van der Waals surface area (Å²) in [5, 5.41) is 0. The molecule has 1 unspecified atom stereocenters. The lowest BCUT2D eigenvalue weighted by Crippen LogP contribution is -2.41. The van der Waals surface area contributed by atoms with Crippen molar-refractivity contribution in [3.8, 4) is 0 Å². The van der Waals surface area contributed by atoms with Gasteiger partial charge < -0.3 is 14.2 Å². The van der Waals surface area contributed by atoms with Crippen LogP contribution in [0.25, 0.3) is 0 Å². The van der Waals surface area contributed by atoms with E-state index in [4.69, 9.17) is 14.2 Å². The molecule has 2 aromatic rings. The average Bonchev–Trinajstić information content (AvgIpc) is 2.91. The van der Waals surface area contributed by atoms with E-state index in [1.165, 1.54) is 31.4 Å². The van der Waals surface area contributed by atoms with Gasteiger partial charge in [0.05, 0.1) is 18.2 Å². The fourth-order valence-electron chi connectivity index (χ4n) is 2.97. The molecule has 2 aromatic carbocycles. The second-order valence-electron chi connectivity index (χ2n) is 6.29. The molecule has 5 nitrogen and oxygen atoms in total. The maximum atomic E-state index is 15.0. The molecule has 0 aliphatic carbocycles. The highest BCUT2D eigenvalue weighted by atomic mass is 19.2. The standard InChI is InChI=1S/C20H18F2O5/c1-20(22)16(27-17(23)12-8-4-3-5-9-12)15(26-19(20)21)13-10-6-7-11-14(13)18(24)25-2/h3-11,15-16,19H,1-2H3/t15-,16-,19?,20-/m1/s1. The summed E-state index contributed by atoms with van der Waals surface area (Å²) >= 11 is 0. The van der Waals surface area contributed by atoms with E-state index in [1.807, 2.05) is 0 Å². The van der Waals surface area contributed by atoms with Crippen LogP contribution in [0.4, 0.5) is 8.78 Å². The SMILES string of the molecule is COC(=O)c1ccccc1[C@H]1OC(F)[C@](C)(F)[C@@H]1OC(=O)c1ccccc1. The summed E-state index contributed by atoms with van der Waals surface area (Å²) in [5.74, 6) is -1.51. The Hall–Kier alpha value is -2.80. The molecule has 0 radical (unpaired) electrons. The van der Waals surface area contributed by atoms with Crippen LogP contribution in [0.2, 0.25) is 0 Å². The monoisotopic (exact) mass is 376 g/mol. The average molecular weight is 376 g/mol. The predicted molar refractivity (Wildman–Crippen MR) is 91.7 cm³/mol. The number of ether oxygens (including phenoxy) is 3. The molecule has 1 fully saturated rings. The first-order chi connectivity index (χ1) is 12.9. The Balaban J connectivity index is 1.97. The van der Waals surface area contributed by atoms with Crippen molar-refractivity contribution in [3.63, 3.8) is 0 Å². The number of methoxy groups -OCH3 is 1. The highest BCUT2D eigenvalue weighted by Crippen LogP contribution is 2.46. The molecule has 0 amide bonds. The van der Waals surface area contributed by atoms with E-state index in [2.05, 4.69) is 0 Å². The van der Waals surface area contributed by atoms with Gasteiger partial charge in [-0.05, 0) is 30.7 Å². The molecule has 0 aromatic heterocycles. The zero-order valence-corrected chi connectivity index (χ0v) is 14.7. The fourth-order valence-corrected chi connectivity index (χ4v) is 2.97. The number of rotatable bonds is 4. The first-order valence-electron chi connectivity index (χ1n) is 8.28. The van der Waals surface area contributed by atoms with E-state index in [-0.39, 0.29) is 16.7 Å². The second-order valence-corrected chi connectivity index (χ2v) is 6.29. The Labute approximate surface area is 154 Å². The first kappa shape index (κ1) is 19.0. The van der Waals surface area contributed by atoms with Gasteiger partial charge in [-0.25, -0.2) is 18.4 Å². The summed E-state index contributed by atoms with van der Waals surface area (Å²) in [4.78, 5) is 24.4. The Bertz CT molecular complexity index is 837. The van der Waals surface area contributed by atoms with Crippen molar-refractivity contribution in [3.05, 3.63) is 71.3 Å². The molecule has 0 spiro atoms. The highest BCUT2D eigenvalue weighted by molar-refractivity contribution is 5.91. The number of halogens is 2. The number of carbonyl (C=O) groups excluding carboxylic acids is 2. The van der Waals surface area contributed by atoms with Crippen LogP contribution in [0.5, 0.6) is 0 Å². The van der Waals surface area contributed by atoms with Crippen LogP contribution in [-0.4, -0.2) is 37.2 Å². The molecule has 1 aliphatic rings. The summed E-state index contributed by atoms with van der Waals surface area (Å²) in [6, 6.07) is 14.0. The summed E-state index contributed by atoms with van der Waals surface area (Å²) < 4.78 is 44.4. The minimum atomic E-state index is -2.60. The summed E-state index contributed by atoms with van der Waals surface area (Å²) in [7, 11) is 1.19. The van der Waals surface area contributed by atoms with Gasteiger partial charge in [-0.15, -0.1) is 0 Å². The molecule has 1 heterocycles. The third-order valence-electron chi connectivity index (χ3n) is 4.46. The molecule has 0 bridgehead atoms. The maximum Gasteiger partial charge on any atom is 0.338 e. The number of hydrogen-bond donors (Lipinski definition) is 0. The van der Waals surface area contributed by atoms with Crippen LogP contribution >= 0.6 is 0 Å². The van der Waals surface area contributed by atoms with E-state index >= 15 is 4.39 Å². The van der Waals surface area contributed by atoms with Crippen molar-refractivity contribution in [2.45, 2.75) is 31.2 Å². The lowest BCUT2D eigenvalue weighted by Gasteiger charge is -2.26. The zero-order chi connectivity index (χ0) is 19.6. The third-order valence-corrected chi connectivity index (χ3v) is 4.46. The molecular formula is C20H18F2O5. The number of alkyl halides is 2. The molecule has 1 aliphatic heterocycles. The second kappa shape index (κ2) is 7.44. The summed E-state index contributed by atoms with van der Waals surface area (Å²) in [6.45, 7) is 0.960. The number of hydrogen-bond acceptors (Lipinski definition) is 5. The van der Waals surface area contributed by atoms with Crippen molar-refractivity contribution in [2.24, 2.45) is 0 Å². The molecule has 0 saturated carbocycles. The van der Waals surface area contributed by atoms with Gasteiger partial charge in [-0.3, -0.25) is 0 Å². The Morgan fingerprint density at radius 2 is 1.67 bits per heavy atom. The van der Waals surface area contributed by atoms with E-state index in [1.54, 1.807) is 30.3 Å². The molecule has 7 heteroatoms. The normalized spacial score (nSPS) is 27.2. The Morgan fingerprint density at radius 1 is 1.04 bits per heavy atom.